The van der Waals surface area contributed by atoms with Crippen molar-refractivity contribution in [2.24, 2.45) is 0 Å². The van der Waals surface area contributed by atoms with Crippen LogP contribution in [0.25, 0.3) is 0 Å². The molecule has 0 bridgehead atoms. The largest absolute Gasteiger partial charge is 0.508 e. The Morgan fingerprint density at radius 1 is 0.909 bits per heavy atom. The maximum atomic E-state index is 11.2. The van der Waals surface area contributed by atoms with E-state index in [0.717, 1.165) is 25.3 Å². The van der Waals surface area contributed by atoms with Crippen molar-refractivity contribution < 1.29 is 20.1 Å². The molecular formula is C18H28O4. The molecule has 1 aromatic carbocycles. The minimum atomic E-state index is -1.15. The summed E-state index contributed by atoms with van der Waals surface area (Å²) in [5.41, 5.74) is 0.422. The molecule has 0 aliphatic rings. The number of hydrogen-bond acceptors (Lipinski definition) is 3. The SMILES string of the molecule is CCCCCCCCCCCc1cc(O)cc(O)c1C(=O)O. The van der Waals surface area contributed by atoms with Crippen molar-refractivity contribution in [2.75, 3.05) is 0 Å². The van der Waals surface area contributed by atoms with E-state index in [4.69, 9.17) is 5.11 Å². The smallest absolute Gasteiger partial charge is 0.339 e. The summed E-state index contributed by atoms with van der Waals surface area (Å²) in [5, 5.41) is 28.3. The first-order valence-corrected chi connectivity index (χ1v) is 8.34. The molecule has 3 N–H and O–H groups in total. The highest BCUT2D eigenvalue weighted by Gasteiger charge is 2.16. The molecule has 4 heteroatoms. The highest BCUT2D eigenvalue weighted by molar-refractivity contribution is 5.92. The summed E-state index contributed by atoms with van der Waals surface area (Å²) in [6.07, 6.45) is 11.3. The van der Waals surface area contributed by atoms with Gasteiger partial charge in [-0.25, -0.2) is 4.79 Å². The summed E-state index contributed by atoms with van der Waals surface area (Å²) in [5.74, 6) is -1.60. The fraction of sp³-hybridized carbons (Fsp3) is 0.611. The predicted octanol–water partition coefficient (Wildman–Crippen LogP) is 4.87. The quantitative estimate of drug-likeness (QED) is 0.510. The fourth-order valence-corrected chi connectivity index (χ4v) is 2.74. The monoisotopic (exact) mass is 308 g/mol. The highest BCUT2D eigenvalue weighted by Crippen LogP contribution is 2.28. The second kappa shape index (κ2) is 10.1. The number of carbonyl (C=O) groups is 1. The zero-order valence-electron chi connectivity index (χ0n) is 13.5. The first-order chi connectivity index (χ1) is 10.6. The maximum absolute atomic E-state index is 11.2. The second-order valence-electron chi connectivity index (χ2n) is 5.88. The first kappa shape index (κ1) is 18.3. The van der Waals surface area contributed by atoms with Crippen LogP contribution >= 0.6 is 0 Å². The molecule has 4 nitrogen and oxygen atoms in total. The van der Waals surface area contributed by atoms with Crippen molar-refractivity contribution >= 4 is 5.97 Å². The first-order valence-electron chi connectivity index (χ1n) is 8.34. The molecule has 0 saturated carbocycles. The van der Waals surface area contributed by atoms with Crippen molar-refractivity contribution in [3.05, 3.63) is 23.3 Å². The topological polar surface area (TPSA) is 77.8 Å². The molecule has 0 aromatic heterocycles. The molecule has 1 rings (SSSR count). The molecule has 0 saturated heterocycles. The van der Waals surface area contributed by atoms with Crippen LogP contribution < -0.4 is 0 Å². The summed E-state index contributed by atoms with van der Waals surface area (Å²) in [6.45, 7) is 2.21. The van der Waals surface area contributed by atoms with Crippen LogP contribution in [0.5, 0.6) is 11.5 Å². The van der Waals surface area contributed by atoms with Crippen LogP contribution in [0.3, 0.4) is 0 Å². The summed E-state index contributed by atoms with van der Waals surface area (Å²) >= 11 is 0. The fourth-order valence-electron chi connectivity index (χ4n) is 2.74. The Bertz CT molecular complexity index is 468. The maximum Gasteiger partial charge on any atom is 0.339 e. The Hall–Kier alpha value is -1.71. The zero-order chi connectivity index (χ0) is 16.4. The minimum Gasteiger partial charge on any atom is -0.508 e. The van der Waals surface area contributed by atoms with Gasteiger partial charge in [-0.05, 0) is 24.5 Å². The molecule has 0 aliphatic heterocycles. The molecule has 0 spiro atoms. The summed E-state index contributed by atoms with van der Waals surface area (Å²) < 4.78 is 0. The van der Waals surface area contributed by atoms with Crippen LogP contribution in [0.4, 0.5) is 0 Å². The molecule has 0 amide bonds. The predicted molar refractivity (Wildman–Crippen MR) is 87.7 cm³/mol. The number of aromatic carboxylic acids is 1. The number of unbranched alkanes of at least 4 members (excludes halogenated alkanes) is 8. The number of aromatic hydroxyl groups is 2. The lowest BCUT2D eigenvalue weighted by Gasteiger charge is -2.09. The van der Waals surface area contributed by atoms with Gasteiger partial charge in [0.1, 0.15) is 17.1 Å². The lowest BCUT2D eigenvalue weighted by molar-refractivity contribution is 0.0692. The average Bonchev–Trinajstić information content (AvgIpc) is 2.44. The Balaban J connectivity index is 2.32. The van der Waals surface area contributed by atoms with E-state index in [2.05, 4.69) is 6.92 Å². The Morgan fingerprint density at radius 3 is 2.00 bits per heavy atom. The Kier molecular flexibility index (Phi) is 8.41. The molecular weight excluding hydrogens is 280 g/mol. The van der Waals surface area contributed by atoms with E-state index >= 15 is 0 Å². The normalized spacial score (nSPS) is 10.8. The molecule has 0 heterocycles. The molecule has 0 aliphatic carbocycles. The van der Waals surface area contributed by atoms with Gasteiger partial charge >= 0.3 is 5.97 Å². The van der Waals surface area contributed by atoms with Gasteiger partial charge in [0.05, 0.1) is 0 Å². The lowest BCUT2D eigenvalue weighted by atomic mass is 9.99. The van der Waals surface area contributed by atoms with Gasteiger partial charge in [0, 0.05) is 6.07 Å². The van der Waals surface area contributed by atoms with Crippen LogP contribution in [0.2, 0.25) is 0 Å². The standard InChI is InChI=1S/C18H28O4/c1-2-3-4-5-6-7-8-9-10-11-14-12-15(19)13-16(20)17(14)18(21)22/h12-13,19-20H,2-11H2,1H3,(H,21,22). The van der Waals surface area contributed by atoms with Gasteiger partial charge in [-0.3, -0.25) is 0 Å². The van der Waals surface area contributed by atoms with Gasteiger partial charge in [-0.15, -0.1) is 0 Å². The van der Waals surface area contributed by atoms with Crippen molar-refractivity contribution in [3.63, 3.8) is 0 Å². The van der Waals surface area contributed by atoms with Gasteiger partial charge in [0.25, 0.3) is 0 Å². The van der Waals surface area contributed by atoms with Crippen molar-refractivity contribution in [3.8, 4) is 11.5 Å². The highest BCUT2D eigenvalue weighted by atomic mass is 16.4. The molecule has 0 unspecified atom stereocenters. The van der Waals surface area contributed by atoms with Crippen molar-refractivity contribution in [1.82, 2.24) is 0 Å². The van der Waals surface area contributed by atoms with Gasteiger partial charge < -0.3 is 15.3 Å². The number of benzene rings is 1. The molecule has 0 radical (unpaired) electrons. The van der Waals surface area contributed by atoms with Crippen molar-refractivity contribution in [2.45, 2.75) is 71.1 Å². The van der Waals surface area contributed by atoms with Crippen LogP contribution in [-0.4, -0.2) is 21.3 Å². The third-order valence-corrected chi connectivity index (χ3v) is 3.95. The van der Waals surface area contributed by atoms with E-state index in [1.165, 1.54) is 44.6 Å². The van der Waals surface area contributed by atoms with Crippen LogP contribution in [0, 0.1) is 0 Å². The Morgan fingerprint density at radius 2 is 1.45 bits per heavy atom. The van der Waals surface area contributed by atoms with E-state index in [1.54, 1.807) is 0 Å². The van der Waals surface area contributed by atoms with Crippen molar-refractivity contribution in [1.29, 1.82) is 0 Å². The number of phenolic OH excluding ortho intramolecular Hbond substituents is 1. The van der Waals surface area contributed by atoms with Crippen LogP contribution in [0.1, 0.15) is 80.6 Å². The number of hydrogen-bond donors (Lipinski definition) is 3. The van der Waals surface area contributed by atoms with Gasteiger partial charge in [0.2, 0.25) is 0 Å². The van der Waals surface area contributed by atoms with Crippen LogP contribution in [-0.2, 0) is 6.42 Å². The summed E-state index contributed by atoms with van der Waals surface area (Å²) in [7, 11) is 0. The lowest BCUT2D eigenvalue weighted by Crippen LogP contribution is -2.03. The number of carboxylic acid groups (broad SMARTS) is 1. The number of rotatable bonds is 11. The Labute approximate surface area is 132 Å². The van der Waals surface area contributed by atoms with Gasteiger partial charge in [-0.1, -0.05) is 58.3 Å². The van der Waals surface area contributed by atoms with E-state index in [9.17, 15) is 15.0 Å². The molecule has 0 fully saturated rings. The number of aryl methyl sites for hydroxylation is 1. The zero-order valence-corrected chi connectivity index (χ0v) is 13.5. The van der Waals surface area contributed by atoms with Crippen LogP contribution in [0.15, 0.2) is 12.1 Å². The van der Waals surface area contributed by atoms with Gasteiger partial charge in [0.15, 0.2) is 0 Å². The molecule has 124 valence electrons. The minimum absolute atomic E-state index is 0.0858. The summed E-state index contributed by atoms with van der Waals surface area (Å²) in [6, 6.07) is 2.51. The molecule has 1 aromatic rings. The van der Waals surface area contributed by atoms with E-state index in [0.29, 0.717) is 12.0 Å². The van der Waals surface area contributed by atoms with E-state index in [-0.39, 0.29) is 17.1 Å². The summed E-state index contributed by atoms with van der Waals surface area (Å²) in [4.78, 5) is 11.2. The average molecular weight is 308 g/mol. The molecule has 0 atom stereocenters. The van der Waals surface area contributed by atoms with E-state index in [1.807, 2.05) is 0 Å². The number of carboxylic acids is 1. The third kappa shape index (κ3) is 6.37. The molecule has 22 heavy (non-hydrogen) atoms. The second-order valence-corrected chi connectivity index (χ2v) is 5.88. The van der Waals surface area contributed by atoms with Gasteiger partial charge in [-0.2, -0.15) is 0 Å². The number of phenols is 2. The third-order valence-electron chi connectivity index (χ3n) is 3.95. The van der Waals surface area contributed by atoms with E-state index < -0.39 is 5.97 Å².